The monoisotopic (exact) mass is 399 g/mol. The Morgan fingerprint density at radius 3 is 2.62 bits per heavy atom. The van der Waals surface area contributed by atoms with Gasteiger partial charge in [-0.3, -0.25) is 9.69 Å². The predicted octanol–water partition coefficient (Wildman–Crippen LogP) is 4.33. The Hall–Kier alpha value is -2.21. The van der Waals surface area contributed by atoms with E-state index in [4.69, 9.17) is 4.42 Å². The molecule has 0 unspecified atom stereocenters. The zero-order valence-electron chi connectivity index (χ0n) is 17.0. The number of halogens is 1. The number of oxazole rings is 1. The van der Waals surface area contributed by atoms with Gasteiger partial charge < -0.3 is 9.32 Å². The first-order chi connectivity index (χ1) is 14.2. The molecule has 0 bridgehead atoms. The second-order valence-electron chi connectivity index (χ2n) is 8.22. The van der Waals surface area contributed by atoms with Crippen molar-refractivity contribution in [1.29, 1.82) is 0 Å². The third kappa shape index (κ3) is 5.04. The number of hydrogen-bond acceptors (Lipinski definition) is 4. The van der Waals surface area contributed by atoms with Crippen molar-refractivity contribution in [3.05, 3.63) is 53.5 Å². The first-order valence-electron chi connectivity index (χ1n) is 10.9. The number of hydrogen-bond donors (Lipinski definition) is 0. The molecule has 2 aromatic rings. The van der Waals surface area contributed by atoms with Crippen LogP contribution in [-0.4, -0.2) is 46.9 Å². The number of nitrogens with zero attached hydrogens (tertiary/aromatic N) is 3. The third-order valence-electron chi connectivity index (χ3n) is 6.06. The summed E-state index contributed by atoms with van der Waals surface area (Å²) in [4.78, 5) is 21.8. The maximum atomic E-state index is 13.9. The van der Waals surface area contributed by atoms with Gasteiger partial charge in [-0.1, -0.05) is 31.0 Å². The maximum Gasteiger partial charge on any atom is 0.237 e. The minimum absolute atomic E-state index is 0.113. The van der Waals surface area contributed by atoms with Crippen LogP contribution < -0.4 is 0 Å². The van der Waals surface area contributed by atoms with Gasteiger partial charge in [-0.05, 0) is 56.8 Å². The van der Waals surface area contributed by atoms with Gasteiger partial charge in [0.1, 0.15) is 17.6 Å². The van der Waals surface area contributed by atoms with E-state index in [9.17, 15) is 9.18 Å². The molecule has 2 aliphatic heterocycles. The predicted molar refractivity (Wildman–Crippen MR) is 109 cm³/mol. The van der Waals surface area contributed by atoms with E-state index >= 15 is 0 Å². The van der Waals surface area contributed by atoms with Gasteiger partial charge in [0.25, 0.3) is 0 Å². The lowest BCUT2D eigenvalue weighted by Gasteiger charge is -2.35. The minimum atomic E-state index is -0.239. The number of amides is 1. The molecule has 0 N–H and O–H groups in total. The fraction of sp³-hybridized carbons (Fsp3) is 0.565. The van der Waals surface area contributed by atoms with E-state index in [-0.39, 0.29) is 17.8 Å². The van der Waals surface area contributed by atoms with Crippen molar-refractivity contribution in [2.24, 2.45) is 0 Å². The molecule has 156 valence electrons. The van der Waals surface area contributed by atoms with Crippen LogP contribution in [0.2, 0.25) is 0 Å². The van der Waals surface area contributed by atoms with Crippen molar-refractivity contribution in [2.45, 2.75) is 57.4 Å². The molecule has 0 aliphatic carbocycles. The molecule has 29 heavy (non-hydrogen) atoms. The zero-order chi connectivity index (χ0) is 20.1. The largest absolute Gasteiger partial charge is 0.443 e. The first-order valence-corrected chi connectivity index (χ1v) is 10.9. The summed E-state index contributed by atoms with van der Waals surface area (Å²) >= 11 is 0. The highest BCUT2D eigenvalue weighted by atomic mass is 19.1. The summed E-state index contributed by atoms with van der Waals surface area (Å²) in [5, 5.41) is 0. The Morgan fingerprint density at radius 1 is 1.07 bits per heavy atom. The average molecular weight is 400 g/mol. The fourth-order valence-electron chi connectivity index (χ4n) is 4.45. The van der Waals surface area contributed by atoms with Gasteiger partial charge in [-0.15, -0.1) is 0 Å². The summed E-state index contributed by atoms with van der Waals surface area (Å²) in [6, 6.07) is 6.60. The summed E-state index contributed by atoms with van der Waals surface area (Å²) in [6.45, 7) is 3.26. The lowest BCUT2D eigenvalue weighted by atomic mass is 10.0. The second kappa shape index (κ2) is 9.53. The molecule has 0 saturated carbocycles. The number of piperidine rings is 1. The summed E-state index contributed by atoms with van der Waals surface area (Å²) in [5.41, 5.74) is 0.591. The van der Waals surface area contributed by atoms with Crippen LogP contribution in [0, 0.1) is 5.82 Å². The molecule has 1 aromatic heterocycles. The van der Waals surface area contributed by atoms with E-state index in [1.807, 2.05) is 11.0 Å². The van der Waals surface area contributed by atoms with Crippen LogP contribution in [-0.2, 0) is 11.2 Å². The number of benzene rings is 1. The lowest BCUT2D eigenvalue weighted by Crippen LogP contribution is -2.44. The van der Waals surface area contributed by atoms with Crippen molar-refractivity contribution in [3.63, 3.8) is 0 Å². The Kier molecular flexibility index (Phi) is 6.60. The van der Waals surface area contributed by atoms with Gasteiger partial charge in [-0.2, -0.15) is 0 Å². The Balaban J connectivity index is 1.44. The van der Waals surface area contributed by atoms with Crippen LogP contribution in [0.5, 0.6) is 0 Å². The molecule has 6 heteroatoms. The molecule has 3 heterocycles. The van der Waals surface area contributed by atoms with Gasteiger partial charge >= 0.3 is 0 Å². The zero-order valence-corrected chi connectivity index (χ0v) is 17.0. The van der Waals surface area contributed by atoms with Gasteiger partial charge in [0, 0.05) is 13.0 Å². The van der Waals surface area contributed by atoms with Gasteiger partial charge in [0.15, 0.2) is 0 Å². The number of likely N-dealkylation sites (tertiary alicyclic amines) is 2. The van der Waals surface area contributed by atoms with E-state index < -0.39 is 0 Å². The highest BCUT2D eigenvalue weighted by molar-refractivity contribution is 5.78. The molecule has 2 fully saturated rings. The van der Waals surface area contributed by atoms with Gasteiger partial charge in [-0.25, -0.2) is 9.37 Å². The number of carbonyl (C=O) groups excluding carboxylic acids is 1. The first kappa shape index (κ1) is 20.1. The van der Waals surface area contributed by atoms with Crippen molar-refractivity contribution >= 4 is 5.91 Å². The molecule has 1 aromatic carbocycles. The fourth-order valence-corrected chi connectivity index (χ4v) is 4.45. The maximum absolute atomic E-state index is 13.9. The Labute approximate surface area is 171 Å². The SMILES string of the molecule is O=C(CN1CCCCCC1)N1CCCC[C@H]1c1ncc(Cc2ccccc2F)o1. The molecule has 1 atom stereocenters. The Bertz CT molecular complexity index is 814. The molecule has 2 aliphatic rings. The third-order valence-corrected chi connectivity index (χ3v) is 6.06. The summed E-state index contributed by atoms with van der Waals surface area (Å²) in [6.07, 6.45) is 9.86. The minimum Gasteiger partial charge on any atom is -0.443 e. The number of aromatic nitrogens is 1. The molecule has 5 nitrogen and oxygen atoms in total. The van der Waals surface area contributed by atoms with E-state index in [0.29, 0.717) is 30.2 Å². The highest BCUT2D eigenvalue weighted by Gasteiger charge is 2.32. The second-order valence-corrected chi connectivity index (χ2v) is 8.22. The Morgan fingerprint density at radius 2 is 1.83 bits per heavy atom. The molecular formula is C23H30FN3O2. The van der Waals surface area contributed by atoms with Crippen LogP contribution in [0.4, 0.5) is 4.39 Å². The molecule has 0 spiro atoms. The van der Waals surface area contributed by atoms with Crippen LogP contribution in [0.25, 0.3) is 0 Å². The van der Waals surface area contributed by atoms with Crippen molar-refractivity contribution in [3.8, 4) is 0 Å². The van der Waals surface area contributed by atoms with Gasteiger partial charge in [0.2, 0.25) is 11.8 Å². The summed E-state index contributed by atoms with van der Waals surface area (Å²) < 4.78 is 19.9. The highest BCUT2D eigenvalue weighted by Crippen LogP contribution is 2.31. The average Bonchev–Trinajstić information content (AvgIpc) is 3.05. The van der Waals surface area contributed by atoms with Crippen LogP contribution in [0.15, 0.2) is 34.9 Å². The molecule has 0 radical (unpaired) electrons. The van der Waals surface area contributed by atoms with E-state index in [0.717, 1.165) is 38.9 Å². The van der Waals surface area contributed by atoms with Crippen LogP contribution in [0.3, 0.4) is 0 Å². The number of carbonyl (C=O) groups is 1. The molecule has 4 rings (SSSR count). The van der Waals surface area contributed by atoms with Crippen LogP contribution in [0.1, 0.15) is 68.2 Å². The standard InChI is InChI=1S/C23H30FN3O2/c24-20-10-4-3-9-18(20)15-19-16-25-23(29-19)21-11-5-8-14-27(21)22(28)17-26-12-6-1-2-7-13-26/h3-4,9-10,16,21H,1-2,5-8,11-15,17H2/t21-/m0/s1. The van der Waals surface area contributed by atoms with Crippen molar-refractivity contribution < 1.29 is 13.6 Å². The quantitative estimate of drug-likeness (QED) is 0.751. The van der Waals surface area contributed by atoms with Gasteiger partial charge in [0.05, 0.1) is 12.7 Å². The molecule has 2 saturated heterocycles. The van der Waals surface area contributed by atoms with E-state index in [1.54, 1.807) is 18.3 Å². The summed E-state index contributed by atoms with van der Waals surface area (Å²) in [7, 11) is 0. The molecule has 1 amide bonds. The van der Waals surface area contributed by atoms with Crippen LogP contribution >= 0.6 is 0 Å². The summed E-state index contributed by atoms with van der Waals surface area (Å²) in [5.74, 6) is 1.15. The van der Waals surface area contributed by atoms with E-state index in [1.165, 1.54) is 31.7 Å². The van der Waals surface area contributed by atoms with E-state index in [2.05, 4.69) is 9.88 Å². The van der Waals surface area contributed by atoms with Crippen molar-refractivity contribution in [1.82, 2.24) is 14.8 Å². The normalized spacial score (nSPS) is 21.1. The topological polar surface area (TPSA) is 49.6 Å². The number of rotatable bonds is 5. The van der Waals surface area contributed by atoms with Crippen molar-refractivity contribution in [2.75, 3.05) is 26.2 Å². The molecular weight excluding hydrogens is 369 g/mol. The smallest absolute Gasteiger partial charge is 0.237 e. The lowest BCUT2D eigenvalue weighted by molar-refractivity contribution is -0.136.